The number of para-hydroxylation sites is 1. The van der Waals surface area contributed by atoms with E-state index >= 15 is 0 Å². The van der Waals surface area contributed by atoms with Crippen molar-refractivity contribution in [3.05, 3.63) is 60.2 Å². The zero-order valence-corrected chi connectivity index (χ0v) is 18.2. The lowest BCUT2D eigenvalue weighted by molar-refractivity contribution is -0.121. The average Bonchev–Trinajstić information content (AvgIpc) is 2.72. The van der Waals surface area contributed by atoms with Crippen LogP contribution < -0.4 is 16.0 Å². The van der Waals surface area contributed by atoms with Crippen LogP contribution in [-0.4, -0.2) is 44.3 Å². The first kappa shape index (κ1) is 23.4. The number of nitrogens with zero attached hydrogens (tertiary/aromatic N) is 1. The minimum Gasteiger partial charge on any atom is -0.352 e. The molecule has 0 saturated carbocycles. The minimum atomic E-state index is -3.53. The van der Waals surface area contributed by atoms with Crippen molar-refractivity contribution in [2.75, 3.05) is 18.9 Å². The predicted molar refractivity (Wildman–Crippen MR) is 116 cm³/mol. The molecular formula is C21H28N4O4S. The maximum atomic E-state index is 12.5. The van der Waals surface area contributed by atoms with Gasteiger partial charge in [-0.2, -0.15) is 4.31 Å². The topological polar surface area (TPSA) is 108 Å². The summed E-state index contributed by atoms with van der Waals surface area (Å²) in [4.78, 5) is 23.9. The zero-order chi connectivity index (χ0) is 22.1. The van der Waals surface area contributed by atoms with Gasteiger partial charge in [0.1, 0.15) is 0 Å². The second-order valence-electron chi connectivity index (χ2n) is 7.03. The van der Waals surface area contributed by atoms with E-state index < -0.39 is 10.0 Å². The van der Waals surface area contributed by atoms with Crippen LogP contribution in [0.4, 0.5) is 10.5 Å². The molecule has 2 rings (SSSR count). The zero-order valence-electron chi connectivity index (χ0n) is 17.4. The Kier molecular flexibility index (Phi) is 8.37. The molecule has 0 bridgehead atoms. The van der Waals surface area contributed by atoms with Crippen molar-refractivity contribution in [3.8, 4) is 0 Å². The van der Waals surface area contributed by atoms with E-state index in [0.717, 1.165) is 5.56 Å². The van der Waals surface area contributed by atoms with Gasteiger partial charge in [0.15, 0.2) is 0 Å². The highest BCUT2D eigenvalue weighted by atomic mass is 32.2. The number of carbonyl (C=O) groups excluding carboxylic acids is 2. The van der Waals surface area contributed by atoms with E-state index in [1.54, 1.807) is 31.3 Å². The van der Waals surface area contributed by atoms with Crippen molar-refractivity contribution < 1.29 is 18.0 Å². The number of urea groups is 1. The van der Waals surface area contributed by atoms with Crippen molar-refractivity contribution in [1.82, 2.24) is 14.9 Å². The molecule has 162 valence electrons. The summed E-state index contributed by atoms with van der Waals surface area (Å²) in [5.41, 5.74) is 1.45. The molecule has 0 heterocycles. The SMILES string of the molecule is CC(C)N(C)S(=O)(=O)c1ccc(CNC(=O)CCNC(=O)Nc2ccccc2)cc1. The van der Waals surface area contributed by atoms with Crippen molar-refractivity contribution >= 4 is 27.6 Å². The Balaban J connectivity index is 1.75. The number of nitrogens with one attached hydrogen (secondary N) is 3. The highest BCUT2D eigenvalue weighted by Gasteiger charge is 2.22. The smallest absolute Gasteiger partial charge is 0.319 e. The van der Waals surface area contributed by atoms with Gasteiger partial charge in [0, 0.05) is 38.3 Å². The summed E-state index contributed by atoms with van der Waals surface area (Å²) in [7, 11) is -1.99. The first-order valence-corrected chi connectivity index (χ1v) is 11.1. The lowest BCUT2D eigenvalue weighted by Crippen LogP contribution is -2.33. The Morgan fingerprint density at radius 2 is 1.60 bits per heavy atom. The van der Waals surface area contributed by atoms with E-state index in [-0.39, 0.29) is 42.4 Å². The van der Waals surface area contributed by atoms with E-state index in [9.17, 15) is 18.0 Å². The summed E-state index contributed by atoms with van der Waals surface area (Å²) in [6.07, 6.45) is 0.133. The summed E-state index contributed by atoms with van der Waals surface area (Å²) in [6, 6.07) is 14.9. The summed E-state index contributed by atoms with van der Waals surface area (Å²) in [5, 5.41) is 8.04. The molecule has 0 unspecified atom stereocenters. The van der Waals surface area contributed by atoms with Crippen LogP contribution in [-0.2, 0) is 21.4 Å². The molecule has 30 heavy (non-hydrogen) atoms. The molecule has 0 aliphatic heterocycles. The Bertz CT molecular complexity index is 945. The Labute approximate surface area is 177 Å². The average molecular weight is 433 g/mol. The number of anilines is 1. The van der Waals surface area contributed by atoms with E-state index in [1.807, 2.05) is 32.0 Å². The largest absolute Gasteiger partial charge is 0.352 e. The number of hydrogen-bond donors (Lipinski definition) is 3. The molecular weight excluding hydrogens is 404 g/mol. The van der Waals surface area contributed by atoms with Gasteiger partial charge in [-0.1, -0.05) is 30.3 Å². The van der Waals surface area contributed by atoms with Gasteiger partial charge in [-0.05, 0) is 43.7 Å². The van der Waals surface area contributed by atoms with Crippen molar-refractivity contribution in [1.29, 1.82) is 0 Å². The summed E-state index contributed by atoms with van der Waals surface area (Å²) >= 11 is 0. The van der Waals surface area contributed by atoms with E-state index in [4.69, 9.17) is 0 Å². The molecule has 0 aromatic heterocycles. The fourth-order valence-corrected chi connectivity index (χ4v) is 3.87. The van der Waals surface area contributed by atoms with Gasteiger partial charge in [0.25, 0.3) is 0 Å². The first-order chi connectivity index (χ1) is 14.2. The van der Waals surface area contributed by atoms with Crippen LogP contribution in [0.1, 0.15) is 25.8 Å². The number of hydrogen-bond acceptors (Lipinski definition) is 4. The highest BCUT2D eigenvalue weighted by molar-refractivity contribution is 7.89. The van der Waals surface area contributed by atoms with Crippen LogP contribution in [0.25, 0.3) is 0 Å². The van der Waals surface area contributed by atoms with Gasteiger partial charge in [-0.15, -0.1) is 0 Å². The monoisotopic (exact) mass is 432 g/mol. The van der Waals surface area contributed by atoms with Gasteiger partial charge < -0.3 is 16.0 Å². The molecule has 2 aromatic carbocycles. The van der Waals surface area contributed by atoms with Crippen LogP contribution in [0.5, 0.6) is 0 Å². The Morgan fingerprint density at radius 3 is 2.20 bits per heavy atom. The minimum absolute atomic E-state index is 0.133. The van der Waals surface area contributed by atoms with Gasteiger partial charge in [0.05, 0.1) is 4.90 Å². The quantitative estimate of drug-likeness (QED) is 0.566. The summed E-state index contributed by atoms with van der Waals surface area (Å²) in [5.74, 6) is -0.216. The lowest BCUT2D eigenvalue weighted by atomic mass is 10.2. The van der Waals surface area contributed by atoms with Crippen molar-refractivity contribution in [2.45, 2.75) is 37.8 Å². The highest BCUT2D eigenvalue weighted by Crippen LogP contribution is 2.17. The number of carbonyl (C=O) groups is 2. The third-order valence-corrected chi connectivity index (χ3v) is 6.53. The molecule has 8 nitrogen and oxygen atoms in total. The van der Waals surface area contributed by atoms with Gasteiger partial charge in [0.2, 0.25) is 15.9 Å². The first-order valence-electron chi connectivity index (χ1n) is 9.63. The Hall–Kier alpha value is -2.91. The summed E-state index contributed by atoms with van der Waals surface area (Å²) in [6.45, 7) is 4.09. The number of rotatable bonds is 9. The molecule has 0 aliphatic rings. The van der Waals surface area contributed by atoms with Crippen molar-refractivity contribution in [2.24, 2.45) is 0 Å². The third-order valence-electron chi connectivity index (χ3n) is 4.49. The normalized spacial score (nSPS) is 11.4. The molecule has 0 saturated heterocycles. The van der Waals surface area contributed by atoms with Crippen LogP contribution in [0, 0.1) is 0 Å². The molecule has 2 aromatic rings. The standard InChI is InChI=1S/C21H28N4O4S/c1-16(2)25(3)30(28,29)19-11-9-17(10-12-19)15-23-20(26)13-14-22-21(27)24-18-7-5-4-6-8-18/h4-12,16H,13-15H2,1-3H3,(H,23,26)(H2,22,24,27). The van der Waals surface area contributed by atoms with Gasteiger partial charge in [-0.25, -0.2) is 13.2 Å². The Morgan fingerprint density at radius 1 is 0.967 bits per heavy atom. The van der Waals surface area contributed by atoms with Crippen molar-refractivity contribution in [3.63, 3.8) is 0 Å². The second kappa shape index (κ2) is 10.7. The van der Waals surface area contributed by atoms with E-state index in [2.05, 4.69) is 16.0 Å². The number of amides is 3. The van der Waals surface area contributed by atoms with Crippen LogP contribution in [0.2, 0.25) is 0 Å². The summed E-state index contributed by atoms with van der Waals surface area (Å²) < 4.78 is 26.2. The lowest BCUT2D eigenvalue weighted by Gasteiger charge is -2.21. The van der Waals surface area contributed by atoms with Gasteiger partial charge >= 0.3 is 6.03 Å². The molecule has 0 fully saturated rings. The maximum absolute atomic E-state index is 12.5. The second-order valence-corrected chi connectivity index (χ2v) is 9.03. The molecule has 3 amide bonds. The van der Waals surface area contributed by atoms with Crippen LogP contribution in [0.15, 0.2) is 59.5 Å². The van der Waals surface area contributed by atoms with Gasteiger partial charge in [-0.3, -0.25) is 4.79 Å². The molecule has 0 spiro atoms. The van der Waals surface area contributed by atoms with Crippen LogP contribution >= 0.6 is 0 Å². The van der Waals surface area contributed by atoms with Crippen LogP contribution in [0.3, 0.4) is 0 Å². The van der Waals surface area contributed by atoms with E-state index in [1.165, 1.54) is 16.4 Å². The molecule has 0 aliphatic carbocycles. The molecule has 0 radical (unpaired) electrons. The molecule has 9 heteroatoms. The fourth-order valence-electron chi connectivity index (χ4n) is 2.50. The predicted octanol–water partition coefficient (Wildman–Crippen LogP) is 2.54. The fraction of sp³-hybridized carbons (Fsp3) is 0.333. The molecule has 0 atom stereocenters. The number of sulfonamides is 1. The molecule has 3 N–H and O–H groups in total. The van der Waals surface area contributed by atoms with E-state index in [0.29, 0.717) is 5.69 Å². The number of benzene rings is 2. The maximum Gasteiger partial charge on any atom is 0.319 e. The third kappa shape index (κ3) is 6.85.